The van der Waals surface area contributed by atoms with Gasteiger partial charge in [0.2, 0.25) is 0 Å². The molecule has 3 aromatic rings. The minimum Gasteiger partial charge on any atom is -0.298 e. The number of benzene rings is 2. The first-order chi connectivity index (χ1) is 10.4. The molecule has 0 bridgehead atoms. The molecule has 0 saturated heterocycles. The molecule has 100 valence electrons. The van der Waals surface area contributed by atoms with Gasteiger partial charge in [-0.3, -0.25) is 4.79 Å². The summed E-state index contributed by atoms with van der Waals surface area (Å²) in [6.45, 7) is 0. The molecule has 2 aromatic carbocycles. The molecule has 0 N–H and O–H groups in total. The highest BCUT2D eigenvalue weighted by Crippen LogP contribution is 2.12. The molecule has 0 amide bonds. The zero-order valence-electron chi connectivity index (χ0n) is 11.2. The van der Waals surface area contributed by atoms with Crippen LogP contribution < -0.4 is 0 Å². The van der Waals surface area contributed by atoms with Crippen molar-refractivity contribution in [2.24, 2.45) is 0 Å². The Morgan fingerprint density at radius 3 is 2.24 bits per heavy atom. The van der Waals surface area contributed by atoms with E-state index in [4.69, 9.17) is 0 Å². The zero-order chi connectivity index (χ0) is 14.5. The number of hydrogen-bond donors (Lipinski definition) is 0. The fraction of sp³-hybridized carbons (Fsp3) is 0. The highest BCUT2D eigenvalue weighted by atomic mass is 16.1. The fourth-order valence-corrected chi connectivity index (χ4v) is 1.99. The van der Waals surface area contributed by atoms with Crippen molar-refractivity contribution in [3.05, 3.63) is 83.7 Å². The average molecular weight is 272 g/mol. The molecule has 3 rings (SSSR count). The van der Waals surface area contributed by atoms with E-state index in [1.54, 1.807) is 4.68 Å². The maximum Gasteiger partial charge on any atom is 0.154 e. The summed E-state index contributed by atoms with van der Waals surface area (Å²) in [5, 5.41) is 4.25. The Kier molecular flexibility index (Phi) is 3.62. The lowest BCUT2D eigenvalue weighted by molar-refractivity contribution is 0.112. The molecule has 0 fully saturated rings. The third kappa shape index (κ3) is 2.75. The first-order valence-corrected chi connectivity index (χ1v) is 6.54. The monoisotopic (exact) mass is 272 g/mol. The first-order valence-electron chi connectivity index (χ1n) is 6.54. The van der Waals surface area contributed by atoms with E-state index in [-0.39, 0.29) is 0 Å². The quantitative estimate of drug-likeness (QED) is 0.531. The number of carbonyl (C=O) groups excluding carboxylic acids is 1. The van der Waals surface area contributed by atoms with Crippen LogP contribution in [0.5, 0.6) is 0 Å². The summed E-state index contributed by atoms with van der Waals surface area (Å²) in [6.07, 6.45) is 2.32. The second-order valence-corrected chi connectivity index (χ2v) is 4.43. The van der Waals surface area contributed by atoms with E-state index in [0.717, 1.165) is 17.5 Å². The van der Waals surface area contributed by atoms with Crippen LogP contribution >= 0.6 is 0 Å². The molecule has 0 radical (unpaired) electrons. The summed E-state index contributed by atoms with van der Waals surface area (Å²) in [7, 11) is 0. The largest absolute Gasteiger partial charge is 0.298 e. The third-order valence-corrected chi connectivity index (χ3v) is 3.02. The van der Waals surface area contributed by atoms with E-state index in [0.29, 0.717) is 11.3 Å². The fourth-order valence-electron chi connectivity index (χ4n) is 1.99. The number of aromatic nitrogens is 2. The SMILES string of the molecule is O=Cc1cnn(-c2ccccc2)c1C#Cc1ccccc1. The normalized spacial score (nSPS) is 9.71. The van der Waals surface area contributed by atoms with Crippen LogP contribution in [-0.4, -0.2) is 16.1 Å². The Hall–Kier alpha value is -3.12. The Balaban J connectivity index is 2.08. The van der Waals surface area contributed by atoms with Crippen molar-refractivity contribution < 1.29 is 4.79 Å². The lowest BCUT2D eigenvalue weighted by Crippen LogP contribution is -2.00. The topological polar surface area (TPSA) is 34.9 Å². The van der Waals surface area contributed by atoms with Gasteiger partial charge in [-0.15, -0.1) is 0 Å². The molecule has 0 aliphatic rings. The Morgan fingerprint density at radius 2 is 1.57 bits per heavy atom. The molecule has 3 nitrogen and oxygen atoms in total. The molecule has 1 aromatic heterocycles. The lowest BCUT2D eigenvalue weighted by Gasteiger charge is -2.02. The van der Waals surface area contributed by atoms with E-state index in [1.165, 1.54) is 6.20 Å². The van der Waals surface area contributed by atoms with Gasteiger partial charge < -0.3 is 0 Å². The van der Waals surface area contributed by atoms with Gasteiger partial charge in [0, 0.05) is 5.56 Å². The van der Waals surface area contributed by atoms with E-state index in [1.807, 2.05) is 60.7 Å². The van der Waals surface area contributed by atoms with Gasteiger partial charge in [0.25, 0.3) is 0 Å². The van der Waals surface area contributed by atoms with Gasteiger partial charge in [-0.1, -0.05) is 42.3 Å². The molecule has 21 heavy (non-hydrogen) atoms. The van der Waals surface area contributed by atoms with Gasteiger partial charge in [-0.25, -0.2) is 4.68 Å². The molecule has 0 saturated carbocycles. The van der Waals surface area contributed by atoms with Gasteiger partial charge in [0.15, 0.2) is 6.29 Å². The molecular weight excluding hydrogens is 260 g/mol. The summed E-state index contributed by atoms with van der Waals surface area (Å²) >= 11 is 0. The molecule has 0 spiro atoms. The van der Waals surface area contributed by atoms with Crippen molar-refractivity contribution in [3.8, 4) is 17.5 Å². The molecular formula is C18H12N2O. The number of para-hydroxylation sites is 1. The van der Waals surface area contributed by atoms with Gasteiger partial charge in [0.1, 0.15) is 5.69 Å². The Labute approximate surface area is 122 Å². The van der Waals surface area contributed by atoms with Gasteiger partial charge >= 0.3 is 0 Å². The molecule has 0 aliphatic heterocycles. The molecule has 0 unspecified atom stereocenters. The minimum absolute atomic E-state index is 0.488. The third-order valence-electron chi connectivity index (χ3n) is 3.02. The first kappa shape index (κ1) is 12.9. The minimum atomic E-state index is 0.488. The molecule has 0 aliphatic carbocycles. The van der Waals surface area contributed by atoms with Crippen LogP contribution in [0.25, 0.3) is 5.69 Å². The summed E-state index contributed by atoms with van der Waals surface area (Å²) in [5.41, 5.74) is 2.86. The van der Waals surface area contributed by atoms with Gasteiger partial charge in [0.05, 0.1) is 17.4 Å². The molecule has 1 heterocycles. The van der Waals surface area contributed by atoms with E-state index in [9.17, 15) is 4.79 Å². The van der Waals surface area contributed by atoms with E-state index in [2.05, 4.69) is 16.9 Å². The average Bonchev–Trinajstić information content (AvgIpc) is 2.97. The molecule has 0 atom stereocenters. The van der Waals surface area contributed by atoms with E-state index < -0.39 is 0 Å². The highest BCUT2D eigenvalue weighted by molar-refractivity contribution is 5.78. The second-order valence-electron chi connectivity index (χ2n) is 4.43. The number of nitrogens with zero attached hydrogens (tertiary/aromatic N) is 2. The Bertz CT molecular complexity index is 809. The Morgan fingerprint density at radius 1 is 0.905 bits per heavy atom. The van der Waals surface area contributed by atoms with Crippen molar-refractivity contribution in [2.75, 3.05) is 0 Å². The van der Waals surface area contributed by atoms with Crippen LogP contribution in [0, 0.1) is 11.8 Å². The summed E-state index contributed by atoms with van der Waals surface area (Å²) in [6, 6.07) is 19.3. The van der Waals surface area contributed by atoms with Crippen LogP contribution in [0.2, 0.25) is 0 Å². The lowest BCUT2D eigenvalue weighted by atomic mass is 10.2. The maximum absolute atomic E-state index is 11.2. The second kappa shape index (κ2) is 5.89. The zero-order valence-corrected chi connectivity index (χ0v) is 11.2. The number of hydrogen-bond acceptors (Lipinski definition) is 2. The van der Waals surface area contributed by atoms with Crippen LogP contribution in [0.3, 0.4) is 0 Å². The van der Waals surface area contributed by atoms with Crippen LogP contribution in [0.4, 0.5) is 0 Å². The summed E-state index contributed by atoms with van der Waals surface area (Å²) in [5.74, 6) is 6.11. The van der Waals surface area contributed by atoms with Crippen LogP contribution in [0.15, 0.2) is 66.9 Å². The summed E-state index contributed by atoms with van der Waals surface area (Å²) < 4.78 is 1.68. The highest BCUT2D eigenvalue weighted by Gasteiger charge is 2.09. The van der Waals surface area contributed by atoms with Crippen molar-refractivity contribution >= 4 is 6.29 Å². The van der Waals surface area contributed by atoms with Crippen molar-refractivity contribution in [3.63, 3.8) is 0 Å². The van der Waals surface area contributed by atoms with Crippen molar-refractivity contribution in [2.45, 2.75) is 0 Å². The predicted octanol–water partition coefficient (Wildman–Crippen LogP) is 3.08. The van der Waals surface area contributed by atoms with Crippen molar-refractivity contribution in [1.29, 1.82) is 0 Å². The molecule has 3 heteroatoms. The number of rotatable bonds is 2. The number of carbonyl (C=O) groups is 1. The maximum atomic E-state index is 11.2. The van der Waals surface area contributed by atoms with Crippen molar-refractivity contribution in [1.82, 2.24) is 9.78 Å². The summed E-state index contributed by atoms with van der Waals surface area (Å²) in [4.78, 5) is 11.2. The smallest absolute Gasteiger partial charge is 0.154 e. The standard InChI is InChI=1S/C18H12N2O/c21-14-16-13-19-20(17-9-5-2-6-10-17)18(16)12-11-15-7-3-1-4-8-15/h1-10,13-14H. The van der Waals surface area contributed by atoms with E-state index >= 15 is 0 Å². The van der Waals surface area contributed by atoms with Crippen LogP contribution in [-0.2, 0) is 0 Å². The predicted molar refractivity (Wildman–Crippen MR) is 81.4 cm³/mol. The van der Waals surface area contributed by atoms with Gasteiger partial charge in [-0.2, -0.15) is 5.10 Å². The van der Waals surface area contributed by atoms with Crippen LogP contribution in [0.1, 0.15) is 21.6 Å². The number of aldehydes is 1. The van der Waals surface area contributed by atoms with Gasteiger partial charge in [-0.05, 0) is 30.2 Å².